The molecule has 3 heterocycles. The van der Waals surface area contributed by atoms with Crippen molar-refractivity contribution in [2.24, 2.45) is 5.41 Å². The van der Waals surface area contributed by atoms with E-state index in [0.717, 1.165) is 50.2 Å². The Hall–Kier alpha value is -2.03. The predicted molar refractivity (Wildman–Crippen MR) is 111 cm³/mol. The van der Waals surface area contributed by atoms with Crippen LogP contribution in [0, 0.1) is 12.3 Å². The van der Waals surface area contributed by atoms with Gasteiger partial charge in [0.25, 0.3) is 0 Å². The van der Waals surface area contributed by atoms with Crippen LogP contribution < -0.4 is 9.62 Å². The standard InChI is InChI=1S/C21H28N4O3S/c1-17-13-22-16-23-20(17)25-11-9-21(10-12-25)8-7-18(28-15-21)14-24-29(26,27)19-5-3-2-4-6-19/h2-6,13,16,18,24H,7-12,14-15H2,1H3/t18-/m0/s1. The lowest BCUT2D eigenvalue weighted by molar-refractivity contribution is -0.0690. The SMILES string of the molecule is Cc1cncnc1N1CCC2(CC[C@@H](CNS(=O)(=O)c3ccccc3)OC2)CC1. The van der Waals surface area contributed by atoms with Crippen LogP contribution >= 0.6 is 0 Å². The molecule has 0 unspecified atom stereocenters. The van der Waals surface area contributed by atoms with Gasteiger partial charge < -0.3 is 9.64 Å². The van der Waals surface area contributed by atoms with Gasteiger partial charge in [0.1, 0.15) is 12.1 Å². The van der Waals surface area contributed by atoms with Crippen molar-refractivity contribution >= 4 is 15.8 Å². The molecule has 156 valence electrons. The number of hydrogen-bond acceptors (Lipinski definition) is 6. The van der Waals surface area contributed by atoms with Crippen molar-refractivity contribution in [3.8, 4) is 0 Å². The minimum absolute atomic E-state index is 0.0683. The third-order valence-corrected chi connectivity index (χ3v) is 7.61. The van der Waals surface area contributed by atoms with Crippen molar-refractivity contribution in [3.05, 3.63) is 48.4 Å². The summed E-state index contributed by atoms with van der Waals surface area (Å²) in [4.78, 5) is 11.1. The maximum Gasteiger partial charge on any atom is 0.240 e. The molecule has 8 heteroatoms. The molecule has 1 aromatic heterocycles. The molecule has 2 aliphatic rings. The molecule has 1 atom stereocenters. The molecule has 7 nitrogen and oxygen atoms in total. The average Bonchev–Trinajstić information content (AvgIpc) is 2.75. The first-order valence-corrected chi connectivity index (χ1v) is 11.6. The van der Waals surface area contributed by atoms with E-state index in [-0.39, 0.29) is 11.5 Å². The van der Waals surface area contributed by atoms with Crippen LogP contribution in [-0.4, -0.2) is 50.7 Å². The first-order chi connectivity index (χ1) is 14.0. The van der Waals surface area contributed by atoms with Gasteiger partial charge >= 0.3 is 0 Å². The summed E-state index contributed by atoms with van der Waals surface area (Å²) in [5.41, 5.74) is 1.31. The minimum atomic E-state index is -3.48. The molecule has 2 aromatic rings. The van der Waals surface area contributed by atoms with Gasteiger partial charge in [-0.2, -0.15) is 0 Å². The fourth-order valence-corrected chi connectivity index (χ4v) is 5.36. The normalized spacial score (nSPS) is 22.0. The van der Waals surface area contributed by atoms with Gasteiger partial charge in [0, 0.05) is 31.4 Å². The quantitative estimate of drug-likeness (QED) is 0.806. The van der Waals surface area contributed by atoms with Gasteiger partial charge in [-0.3, -0.25) is 0 Å². The lowest BCUT2D eigenvalue weighted by atomic mass is 9.73. The first-order valence-electron chi connectivity index (χ1n) is 10.2. The highest BCUT2D eigenvalue weighted by Crippen LogP contribution is 2.41. The Kier molecular flexibility index (Phi) is 5.85. The number of aromatic nitrogens is 2. The number of hydrogen-bond donors (Lipinski definition) is 1. The van der Waals surface area contributed by atoms with Crippen LogP contribution in [0.1, 0.15) is 31.2 Å². The maximum absolute atomic E-state index is 12.4. The number of aryl methyl sites for hydroxylation is 1. The Morgan fingerprint density at radius 3 is 2.62 bits per heavy atom. The molecule has 2 saturated heterocycles. The van der Waals surface area contributed by atoms with Crippen molar-refractivity contribution in [2.75, 3.05) is 31.1 Å². The third kappa shape index (κ3) is 4.60. The summed E-state index contributed by atoms with van der Waals surface area (Å²) in [5.74, 6) is 1.03. The van der Waals surface area contributed by atoms with Gasteiger partial charge in [-0.15, -0.1) is 0 Å². The second-order valence-corrected chi connectivity index (χ2v) is 9.92. The summed E-state index contributed by atoms with van der Waals surface area (Å²) < 4.78 is 33.6. The first kappa shape index (κ1) is 20.3. The van der Waals surface area contributed by atoms with Crippen LogP contribution in [0.4, 0.5) is 5.82 Å². The molecule has 1 spiro atoms. The Balaban J connectivity index is 1.27. The largest absolute Gasteiger partial charge is 0.376 e. The third-order valence-electron chi connectivity index (χ3n) is 6.17. The smallest absolute Gasteiger partial charge is 0.240 e. The van der Waals surface area contributed by atoms with E-state index >= 15 is 0 Å². The van der Waals surface area contributed by atoms with Crippen molar-refractivity contribution < 1.29 is 13.2 Å². The van der Waals surface area contributed by atoms with Gasteiger partial charge in [0.05, 0.1) is 17.6 Å². The molecule has 4 rings (SSSR count). The molecule has 1 aromatic carbocycles. The monoisotopic (exact) mass is 416 g/mol. The van der Waals surface area contributed by atoms with Crippen molar-refractivity contribution in [3.63, 3.8) is 0 Å². The molecule has 2 fully saturated rings. The molecular weight excluding hydrogens is 388 g/mol. The zero-order chi connectivity index (χ0) is 20.3. The van der Waals surface area contributed by atoms with E-state index in [4.69, 9.17) is 4.74 Å². The average molecular weight is 417 g/mol. The molecule has 2 aliphatic heterocycles. The van der Waals surface area contributed by atoms with E-state index in [0.29, 0.717) is 18.0 Å². The Labute approximate surface area is 172 Å². The van der Waals surface area contributed by atoms with Crippen LogP contribution in [-0.2, 0) is 14.8 Å². The van der Waals surface area contributed by atoms with Crippen LogP contribution in [0.25, 0.3) is 0 Å². The van der Waals surface area contributed by atoms with Crippen molar-refractivity contribution in [1.82, 2.24) is 14.7 Å². The number of nitrogens with one attached hydrogen (secondary N) is 1. The van der Waals surface area contributed by atoms with E-state index in [1.807, 2.05) is 13.1 Å². The van der Waals surface area contributed by atoms with Crippen molar-refractivity contribution in [1.29, 1.82) is 0 Å². The van der Waals surface area contributed by atoms with Gasteiger partial charge in [-0.25, -0.2) is 23.1 Å². The van der Waals surface area contributed by atoms with Gasteiger partial charge in [0.2, 0.25) is 10.0 Å². The van der Waals surface area contributed by atoms with Crippen LogP contribution in [0.3, 0.4) is 0 Å². The van der Waals surface area contributed by atoms with E-state index in [1.54, 1.807) is 36.7 Å². The number of rotatable bonds is 5. The molecule has 0 amide bonds. The van der Waals surface area contributed by atoms with Gasteiger partial charge in [-0.05, 0) is 50.2 Å². The summed E-state index contributed by atoms with van der Waals surface area (Å²) in [6.45, 7) is 4.99. The van der Waals surface area contributed by atoms with Crippen molar-refractivity contribution in [2.45, 2.75) is 43.6 Å². The second kappa shape index (κ2) is 8.38. The fourth-order valence-electron chi connectivity index (χ4n) is 4.27. The zero-order valence-electron chi connectivity index (χ0n) is 16.8. The molecule has 29 heavy (non-hydrogen) atoms. The molecule has 0 radical (unpaired) electrons. The summed E-state index contributed by atoms with van der Waals surface area (Å²) in [5, 5.41) is 0. The number of ether oxygens (including phenoxy) is 1. The van der Waals surface area contributed by atoms with Crippen LogP contribution in [0.5, 0.6) is 0 Å². The summed E-state index contributed by atoms with van der Waals surface area (Å²) in [6, 6.07) is 8.47. The number of benzene rings is 1. The lowest BCUT2D eigenvalue weighted by Crippen LogP contribution is -2.48. The van der Waals surface area contributed by atoms with Crippen LogP contribution in [0.15, 0.2) is 47.8 Å². The minimum Gasteiger partial charge on any atom is -0.376 e. The van der Waals surface area contributed by atoms with Crippen LogP contribution in [0.2, 0.25) is 0 Å². The fraction of sp³-hybridized carbons (Fsp3) is 0.524. The Morgan fingerprint density at radius 2 is 1.97 bits per heavy atom. The highest BCUT2D eigenvalue weighted by atomic mass is 32.2. The summed E-state index contributed by atoms with van der Waals surface area (Å²) in [6.07, 6.45) is 7.49. The molecule has 0 saturated carbocycles. The topological polar surface area (TPSA) is 84.4 Å². The van der Waals surface area contributed by atoms with E-state index in [1.165, 1.54) is 0 Å². The Bertz CT molecular complexity index is 918. The number of anilines is 1. The van der Waals surface area contributed by atoms with Gasteiger partial charge in [-0.1, -0.05) is 18.2 Å². The maximum atomic E-state index is 12.4. The Morgan fingerprint density at radius 1 is 1.21 bits per heavy atom. The van der Waals surface area contributed by atoms with E-state index in [9.17, 15) is 8.42 Å². The molecule has 0 aliphatic carbocycles. The van der Waals surface area contributed by atoms with Gasteiger partial charge in [0.15, 0.2) is 0 Å². The molecule has 1 N–H and O–H groups in total. The molecular formula is C21H28N4O3S. The zero-order valence-corrected chi connectivity index (χ0v) is 17.6. The summed E-state index contributed by atoms with van der Waals surface area (Å²) >= 11 is 0. The predicted octanol–water partition coefficient (Wildman–Crippen LogP) is 2.53. The lowest BCUT2D eigenvalue weighted by Gasteiger charge is -2.46. The number of nitrogens with zero attached hydrogens (tertiary/aromatic N) is 3. The summed E-state index contributed by atoms with van der Waals surface area (Å²) in [7, 11) is -3.48. The highest BCUT2D eigenvalue weighted by Gasteiger charge is 2.39. The van der Waals surface area contributed by atoms with E-state index in [2.05, 4.69) is 19.6 Å². The second-order valence-electron chi connectivity index (χ2n) is 8.15. The highest BCUT2D eigenvalue weighted by molar-refractivity contribution is 7.89. The number of piperidine rings is 1. The molecule has 0 bridgehead atoms. The number of sulfonamides is 1. The van der Waals surface area contributed by atoms with E-state index < -0.39 is 10.0 Å².